The largest absolute Gasteiger partial charge is 0.361 e. The molecule has 2 unspecified atom stereocenters. The van der Waals surface area contributed by atoms with Crippen LogP contribution in [0.5, 0.6) is 0 Å². The maximum atomic E-state index is 5.07. The summed E-state index contributed by atoms with van der Waals surface area (Å²) in [5.74, 6) is 1.75. The topological polar surface area (TPSA) is 49.3 Å². The molecule has 1 fully saturated rings. The number of rotatable bonds is 6. The van der Waals surface area contributed by atoms with E-state index in [9.17, 15) is 0 Å². The molecule has 0 amide bonds. The summed E-state index contributed by atoms with van der Waals surface area (Å²) in [6.45, 7) is 0.850. The average molecular weight is 445 g/mol. The molecule has 6 rings (SSSR count). The van der Waals surface area contributed by atoms with Crippen molar-refractivity contribution >= 4 is 49.3 Å². The van der Waals surface area contributed by atoms with Gasteiger partial charge in [0.15, 0.2) is 10.3 Å². The number of hydrogen-bond acceptors (Lipinski definition) is 6. The first-order valence-electron chi connectivity index (χ1n) is 10.8. The van der Waals surface area contributed by atoms with Gasteiger partial charge in [-0.3, -0.25) is 4.99 Å². The van der Waals surface area contributed by atoms with Crippen LogP contribution in [-0.4, -0.2) is 28.5 Å². The molecule has 2 N–H and O–H groups in total. The van der Waals surface area contributed by atoms with Crippen molar-refractivity contribution < 1.29 is 0 Å². The van der Waals surface area contributed by atoms with Crippen LogP contribution >= 0.6 is 23.1 Å². The molecular formula is C25H24N4S2. The summed E-state index contributed by atoms with van der Waals surface area (Å²) in [5.41, 5.74) is 3.80. The van der Waals surface area contributed by atoms with E-state index in [0.717, 1.165) is 40.2 Å². The predicted molar refractivity (Wildman–Crippen MR) is 134 cm³/mol. The van der Waals surface area contributed by atoms with Gasteiger partial charge < -0.3 is 10.6 Å². The molecule has 3 aromatic rings. The van der Waals surface area contributed by atoms with Gasteiger partial charge in [-0.1, -0.05) is 77.7 Å². The van der Waals surface area contributed by atoms with Crippen molar-refractivity contribution in [3.05, 3.63) is 78.4 Å². The summed E-state index contributed by atoms with van der Waals surface area (Å²) in [6, 6.07) is 17.2. The number of anilines is 2. The first-order valence-corrected chi connectivity index (χ1v) is 12.6. The van der Waals surface area contributed by atoms with E-state index in [0.29, 0.717) is 12.0 Å². The summed E-state index contributed by atoms with van der Waals surface area (Å²) < 4.78 is 1.22. The van der Waals surface area contributed by atoms with Crippen LogP contribution in [0.2, 0.25) is 0 Å². The molecule has 0 saturated heterocycles. The maximum absolute atomic E-state index is 5.07. The lowest BCUT2D eigenvalue weighted by atomic mass is 9.92. The number of aromatic nitrogens is 1. The average Bonchev–Trinajstić information content (AvgIpc) is 3.12. The van der Waals surface area contributed by atoms with Crippen molar-refractivity contribution in [2.75, 3.05) is 22.9 Å². The molecule has 4 nitrogen and oxygen atoms in total. The van der Waals surface area contributed by atoms with E-state index in [1.165, 1.54) is 16.7 Å². The molecular weight excluding hydrogens is 420 g/mol. The van der Waals surface area contributed by atoms with Crippen LogP contribution in [0.3, 0.4) is 0 Å². The van der Waals surface area contributed by atoms with Gasteiger partial charge in [0.05, 0.1) is 16.3 Å². The Labute approximate surface area is 190 Å². The highest BCUT2D eigenvalue weighted by atomic mass is 32.2. The quantitative estimate of drug-likeness (QED) is 0.492. The van der Waals surface area contributed by atoms with Crippen molar-refractivity contribution in [2.24, 2.45) is 16.3 Å². The Morgan fingerprint density at radius 3 is 2.90 bits per heavy atom. The Morgan fingerprint density at radius 2 is 1.97 bits per heavy atom. The van der Waals surface area contributed by atoms with Gasteiger partial charge in [0.2, 0.25) is 0 Å². The molecule has 2 aromatic carbocycles. The second-order valence-electron chi connectivity index (χ2n) is 8.37. The fourth-order valence-electron chi connectivity index (χ4n) is 4.63. The number of benzene rings is 2. The summed E-state index contributed by atoms with van der Waals surface area (Å²) in [6.07, 6.45) is 11.3. The molecule has 3 atom stereocenters. The third-order valence-corrected chi connectivity index (χ3v) is 8.42. The number of allylic oxidation sites excluding steroid dienone is 3. The molecule has 0 radical (unpaired) electrons. The second kappa shape index (κ2) is 7.84. The number of amidine groups is 1. The Kier molecular flexibility index (Phi) is 4.84. The fraction of sp³-hybridized carbons (Fsp3) is 0.280. The molecule has 3 aliphatic rings. The monoisotopic (exact) mass is 444 g/mol. The minimum atomic E-state index is 0.284. The van der Waals surface area contributed by atoms with Crippen molar-refractivity contribution in [3.8, 4) is 0 Å². The van der Waals surface area contributed by atoms with Crippen molar-refractivity contribution in [3.63, 3.8) is 0 Å². The standard InChI is InChI=1S/C25H24N4S2/c1-2-9-19(27-24-29-22(16-30-24)25-13-6-5-8-18(25)15-25)17(7-1)12-14-26-23-28-20-10-3-4-11-21(20)31-23/h1-11,13,18,22H,12,14-16H2,(H,26,28)(H,27,29)/t18?,22-,25?/m1/s1. The molecule has 31 heavy (non-hydrogen) atoms. The Bertz CT molecular complexity index is 1180. The number of thiazole rings is 1. The van der Waals surface area contributed by atoms with E-state index in [1.807, 2.05) is 17.8 Å². The van der Waals surface area contributed by atoms with Crippen LogP contribution in [0.4, 0.5) is 10.8 Å². The Balaban J connectivity index is 1.11. The van der Waals surface area contributed by atoms with Crippen LogP contribution in [-0.2, 0) is 6.42 Å². The van der Waals surface area contributed by atoms with Crippen molar-refractivity contribution in [1.82, 2.24) is 4.98 Å². The Morgan fingerprint density at radius 1 is 1.06 bits per heavy atom. The zero-order valence-corrected chi connectivity index (χ0v) is 18.8. The van der Waals surface area contributed by atoms with Gasteiger partial charge in [-0.15, -0.1) is 0 Å². The minimum absolute atomic E-state index is 0.284. The highest BCUT2D eigenvalue weighted by Gasteiger charge is 2.57. The highest BCUT2D eigenvalue weighted by Crippen LogP contribution is 2.60. The lowest BCUT2D eigenvalue weighted by molar-refractivity contribution is 0.508. The molecule has 0 spiro atoms. The van der Waals surface area contributed by atoms with E-state index in [-0.39, 0.29) is 5.41 Å². The number of para-hydroxylation sites is 2. The lowest BCUT2D eigenvalue weighted by Crippen LogP contribution is -2.21. The molecule has 156 valence electrons. The SMILES string of the molecule is C1=CC2CC2([C@H]2CSC(Nc3ccccc3CCNc3nc4ccccc4s3)=N2)C=C1. The number of fused-ring (bicyclic) bond motifs is 2. The van der Waals surface area contributed by atoms with Gasteiger partial charge in [0.25, 0.3) is 0 Å². The number of nitrogens with zero attached hydrogens (tertiary/aromatic N) is 2. The predicted octanol–water partition coefficient (Wildman–Crippen LogP) is 5.97. The smallest absolute Gasteiger partial charge is 0.183 e. The summed E-state index contributed by atoms with van der Waals surface area (Å²) in [5, 5.41) is 9.15. The van der Waals surface area contributed by atoms with Gasteiger partial charge in [0.1, 0.15) is 0 Å². The third-order valence-electron chi connectivity index (χ3n) is 6.46. The van der Waals surface area contributed by atoms with E-state index < -0.39 is 0 Å². The van der Waals surface area contributed by atoms with Gasteiger partial charge in [-0.2, -0.15) is 0 Å². The molecule has 1 aliphatic heterocycles. The van der Waals surface area contributed by atoms with Gasteiger partial charge in [-0.25, -0.2) is 4.98 Å². The molecule has 2 aliphatic carbocycles. The zero-order chi connectivity index (χ0) is 20.7. The molecule has 2 heterocycles. The second-order valence-corrected chi connectivity index (χ2v) is 10.4. The summed E-state index contributed by atoms with van der Waals surface area (Å²) in [4.78, 5) is 9.74. The van der Waals surface area contributed by atoms with Crippen LogP contribution in [0.25, 0.3) is 10.2 Å². The Hall–Kier alpha value is -2.57. The third kappa shape index (κ3) is 3.68. The van der Waals surface area contributed by atoms with Crippen molar-refractivity contribution in [1.29, 1.82) is 0 Å². The van der Waals surface area contributed by atoms with E-state index >= 15 is 0 Å². The highest BCUT2D eigenvalue weighted by molar-refractivity contribution is 8.14. The van der Waals surface area contributed by atoms with E-state index in [4.69, 9.17) is 4.99 Å². The maximum Gasteiger partial charge on any atom is 0.183 e. The lowest BCUT2D eigenvalue weighted by Gasteiger charge is -2.18. The summed E-state index contributed by atoms with van der Waals surface area (Å²) >= 11 is 3.56. The molecule has 0 bridgehead atoms. The van der Waals surface area contributed by atoms with Gasteiger partial charge in [0, 0.05) is 23.4 Å². The van der Waals surface area contributed by atoms with Crippen LogP contribution in [0, 0.1) is 11.3 Å². The number of thioether (sulfide) groups is 1. The van der Waals surface area contributed by atoms with E-state index in [1.54, 1.807) is 11.3 Å². The first-order chi connectivity index (χ1) is 15.3. The number of aliphatic imine (C=N–C) groups is 1. The van der Waals surface area contributed by atoms with Crippen LogP contribution in [0.1, 0.15) is 12.0 Å². The fourth-order valence-corrected chi connectivity index (χ4v) is 6.61. The minimum Gasteiger partial charge on any atom is -0.361 e. The molecule has 1 aromatic heterocycles. The van der Waals surface area contributed by atoms with Gasteiger partial charge >= 0.3 is 0 Å². The van der Waals surface area contributed by atoms with Gasteiger partial charge in [-0.05, 0) is 42.5 Å². The number of hydrogen-bond donors (Lipinski definition) is 2. The first kappa shape index (κ1) is 19.1. The number of nitrogens with one attached hydrogen (secondary N) is 2. The molecule has 1 saturated carbocycles. The normalized spacial score (nSPS) is 26.0. The summed E-state index contributed by atoms with van der Waals surface area (Å²) in [7, 11) is 0. The van der Waals surface area contributed by atoms with Crippen molar-refractivity contribution in [2.45, 2.75) is 18.9 Å². The van der Waals surface area contributed by atoms with Crippen LogP contribution < -0.4 is 10.6 Å². The molecule has 6 heteroatoms. The van der Waals surface area contributed by atoms with E-state index in [2.05, 4.69) is 82.4 Å². The van der Waals surface area contributed by atoms with Crippen LogP contribution in [0.15, 0.2) is 77.8 Å². The zero-order valence-electron chi connectivity index (χ0n) is 17.1.